The van der Waals surface area contributed by atoms with Crippen molar-refractivity contribution in [3.05, 3.63) is 83.7 Å². The number of halogens is 3. The largest absolute Gasteiger partial charge is 0.407 e. The second-order valence-corrected chi connectivity index (χ2v) is 5.49. The summed E-state index contributed by atoms with van der Waals surface area (Å²) in [6, 6.07) is 17.6. The van der Waals surface area contributed by atoms with Gasteiger partial charge in [-0.25, -0.2) is 4.99 Å². The normalized spacial score (nSPS) is 14.3. The number of alkyl halides is 3. The van der Waals surface area contributed by atoms with Crippen molar-refractivity contribution in [3.63, 3.8) is 0 Å². The SMILES string of the molecule is FC(F)(F)CN1C=CN=C(c2cccc(Cc3ccccc3)c2)N1. The summed E-state index contributed by atoms with van der Waals surface area (Å²) in [5, 5.41) is 0.978. The molecule has 3 rings (SSSR count). The van der Waals surface area contributed by atoms with Crippen molar-refractivity contribution in [2.75, 3.05) is 6.54 Å². The van der Waals surface area contributed by atoms with Gasteiger partial charge in [0, 0.05) is 18.0 Å². The van der Waals surface area contributed by atoms with Gasteiger partial charge in [-0.1, -0.05) is 48.5 Å². The van der Waals surface area contributed by atoms with Crippen LogP contribution in [-0.2, 0) is 6.42 Å². The minimum atomic E-state index is -4.28. The van der Waals surface area contributed by atoms with E-state index < -0.39 is 12.7 Å². The molecule has 24 heavy (non-hydrogen) atoms. The van der Waals surface area contributed by atoms with E-state index in [9.17, 15) is 13.2 Å². The predicted octanol–water partition coefficient (Wildman–Crippen LogP) is 3.88. The van der Waals surface area contributed by atoms with Gasteiger partial charge in [0.1, 0.15) is 6.54 Å². The summed E-state index contributed by atoms with van der Waals surface area (Å²) in [4.78, 5) is 4.14. The first-order valence-electron chi connectivity index (χ1n) is 7.47. The van der Waals surface area contributed by atoms with Crippen LogP contribution >= 0.6 is 0 Å². The first kappa shape index (κ1) is 16.1. The Hall–Kier alpha value is -2.76. The highest BCUT2D eigenvalue weighted by atomic mass is 19.4. The quantitative estimate of drug-likeness (QED) is 0.921. The molecule has 1 aliphatic heterocycles. The van der Waals surface area contributed by atoms with E-state index in [-0.39, 0.29) is 0 Å². The Labute approximate surface area is 138 Å². The lowest BCUT2D eigenvalue weighted by Crippen LogP contribution is -2.45. The lowest BCUT2D eigenvalue weighted by atomic mass is 10.0. The summed E-state index contributed by atoms with van der Waals surface area (Å²) in [5.74, 6) is 0.400. The third-order valence-corrected chi connectivity index (χ3v) is 3.50. The summed E-state index contributed by atoms with van der Waals surface area (Å²) in [5.41, 5.74) is 5.69. The Balaban J connectivity index is 1.74. The maximum Gasteiger partial charge on any atom is 0.407 e. The van der Waals surface area contributed by atoms with Crippen molar-refractivity contribution in [1.82, 2.24) is 10.4 Å². The molecule has 1 aliphatic rings. The molecule has 2 aromatic rings. The molecule has 0 saturated carbocycles. The Morgan fingerprint density at radius 2 is 1.71 bits per heavy atom. The summed E-state index contributed by atoms with van der Waals surface area (Å²) >= 11 is 0. The Bertz CT molecular complexity index is 752. The van der Waals surface area contributed by atoms with Gasteiger partial charge in [-0.2, -0.15) is 13.2 Å². The molecule has 0 amide bonds. The minimum Gasteiger partial charge on any atom is -0.283 e. The van der Waals surface area contributed by atoms with Crippen LogP contribution in [0.15, 0.2) is 72.0 Å². The summed E-state index contributed by atoms with van der Waals surface area (Å²) < 4.78 is 37.6. The van der Waals surface area contributed by atoms with E-state index in [4.69, 9.17) is 0 Å². The van der Waals surface area contributed by atoms with Crippen molar-refractivity contribution in [1.29, 1.82) is 0 Å². The Kier molecular flexibility index (Phi) is 4.55. The van der Waals surface area contributed by atoms with Crippen LogP contribution in [0.3, 0.4) is 0 Å². The van der Waals surface area contributed by atoms with E-state index in [1.54, 1.807) is 0 Å². The predicted molar refractivity (Wildman–Crippen MR) is 87.3 cm³/mol. The maximum absolute atomic E-state index is 12.5. The number of nitrogens with zero attached hydrogens (tertiary/aromatic N) is 2. The van der Waals surface area contributed by atoms with Crippen LogP contribution in [0.1, 0.15) is 16.7 Å². The van der Waals surface area contributed by atoms with Gasteiger partial charge in [-0.15, -0.1) is 0 Å². The van der Waals surface area contributed by atoms with Crippen molar-refractivity contribution in [2.24, 2.45) is 4.99 Å². The molecule has 0 saturated heterocycles. The first-order valence-corrected chi connectivity index (χ1v) is 7.47. The fourth-order valence-corrected chi connectivity index (χ4v) is 2.48. The second kappa shape index (κ2) is 6.78. The number of hydrogen-bond donors (Lipinski definition) is 1. The van der Waals surface area contributed by atoms with Crippen LogP contribution < -0.4 is 5.43 Å². The fraction of sp³-hybridized carbons (Fsp3) is 0.167. The molecule has 0 fully saturated rings. The average Bonchev–Trinajstić information content (AvgIpc) is 2.55. The summed E-state index contributed by atoms with van der Waals surface area (Å²) in [7, 11) is 0. The van der Waals surface area contributed by atoms with Crippen LogP contribution in [0, 0.1) is 0 Å². The molecule has 0 bridgehead atoms. The topological polar surface area (TPSA) is 27.6 Å². The highest BCUT2D eigenvalue weighted by molar-refractivity contribution is 5.99. The van der Waals surface area contributed by atoms with Gasteiger partial charge >= 0.3 is 6.18 Å². The molecule has 0 aromatic heterocycles. The lowest BCUT2D eigenvalue weighted by molar-refractivity contribution is -0.143. The minimum absolute atomic E-state index is 0.400. The van der Waals surface area contributed by atoms with Gasteiger partial charge in [-0.05, 0) is 23.6 Å². The molecule has 0 radical (unpaired) electrons. The molecule has 0 spiro atoms. The number of nitrogens with one attached hydrogen (secondary N) is 1. The fourth-order valence-electron chi connectivity index (χ4n) is 2.48. The number of rotatable bonds is 4. The molecule has 1 N–H and O–H groups in total. The van der Waals surface area contributed by atoms with Gasteiger partial charge < -0.3 is 0 Å². The molecule has 0 aliphatic carbocycles. The van der Waals surface area contributed by atoms with E-state index in [0.717, 1.165) is 22.6 Å². The summed E-state index contributed by atoms with van der Waals surface area (Å²) in [6.07, 6.45) is -0.898. The van der Waals surface area contributed by atoms with E-state index in [2.05, 4.69) is 10.4 Å². The molecular formula is C18H16F3N3. The molecular weight excluding hydrogens is 315 g/mol. The zero-order chi connectivity index (χ0) is 17.0. The molecule has 124 valence electrons. The van der Waals surface area contributed by atoms with E-state index >= 15 is 0 Å². The zero-order valence-corrected chi connectivity index (χ0v) is 12.8. The van der Waals surface area contributed by atoms with Crippen molar-refractivity contribution in [2.45, 2.75) is 12.6 Å². The van der Waals surface area contributed by atoms with Crippen molar-refractivity contribution >= 4 is 5.84 Å². The monoisotopic (exact) mass is 331 g/mol. The van der Waals surface area contributed by atoms with Gasteiger partial charge in [0.25, 0.3) is 0 Å². The molecule has 0 atom stereocenters. The molecule has 1 heterocycles. The maximum atomic E-state index is 12.5. The van der Waals surface area contributed by atoms with Gasteiger partial charge in [0.15, 0.2) is 5.84 Å². The molecule has 3 nitrogen and oxygen atoms in total. The highest BCUT2D eigenvalue weighted by Gasteiger charge is 2.30. The second-order valence-electron chi connectivity index (χ2n) is 5.49. The molecule has 2 aromatic carbocycles. The highest BCUT2D eigenvalue weighted by Crippen LogP contribution is 2.17. The standard InChI is InChI=1S/C18H16F3N3/c19-18(20,21)13-24-10-9-22-17(23-24)16-8-4-7-15(12-16)11-14-5-2-1-3-6-14/h1-10,12H,11,13H2,(H,22,23). The first-order chi connectivity index (χ1) is 11.5. The van der Waals surface area contributed by atoms with E-state index in [1.165, 1.54) is 18.0 Å². The van der Waals surface area contributed by atoms with Gasteiger partial charge in [0.05, 0.1) is 0 Å². The summed E-state index contributed by atoms with van der Waals surface area (Å²) in [6.45, 7) is -1.08. The zero-order valence-electron chi connectivity index (χ0n) is 12.8. The van der Waals surface area contributed by atoms with Crippen LogP contribution in [0.25, 0.3) is 0 Å². The third kappa shape index (κ3) is 4.38. The van der Waals surface area contributed by atoms with E-state index in [1.807, 2.05) is 54.6 Å². The van der Waals surface area contributed by atoms with Crippen molar-refractivity contribution in [3.8, 4) is 0 Å². The van der Waals surface area contributed by atoms with E-state index in [0.29, 0.717) is 5.84 Å². The third-order valence-electron chi connectivity index (χ3n) is 3.50. The number of hydrogen-bond acceptors (Lipinski definition) is 3. The van der Waals surface area contributed by atoms with Gasteiger partial charge in [0.2, 0.25) is 0 Å². The number of benzene rings is 2. The van der Waals surface area contributed by atoms with Crippen LogP contribution in [-0.4, -0.2) is 23.6 Å². The van der Waals surface area contributed by atoms with Crippen LogP contribution in [0.2, 0.25) is 0 Å². The molecule has 0 unspecified atom stereocenters. The van der Waals surface area contributed by atoms with Crippen LogP contribution in [0.4, 0.5) is 13.2 Å². The number of aliphatic imine (C=N–C) groups is 1. The van der Waals surface area contributed by atoms with Gasteiger partial charge in [-0.3, -0.25) is 10.4 Å². The van der Waals surface area contributed by atoms with Crippen LogP contribution in [0.5, 0.6) is 0 Å². The molecule has 6 heteroatoms. The van der Waals surface area contributed by atoms with Crippen molar-refractivity contribution < 1.29 is 13.2 Å². The smallest absolute Gasteiger partial charge is 0.283 e. The number of amidine groups is 1. The Morgan fingerprint density at radius 1 is 0.958 bits per heavy atom. The average molecular weight is 331 g/mol. The Morgan fingerprint density at radius 3 is 2.46 bits per heavy atom. The number of hydrazine groups is 1. The lowest BCUT2D eigenvalue weighted by Gasteiger charge is -2.26.